The van der Waals surface area contributed by atoms with E-state index in [-0.39, 0.29) is 0 Å². The lowest BCUT2D eigenvalue weighted by atomic mass is 10.2. The average molecular weight is 320 g/mol. The molecule has 3 rings (SSSR count). The van der Waals surface area contributed by atoms with Crippen LogP contribution in [-0.2, 0) is 6.54 Å². The van der Waals surface area contributed by atoms with Gasteiger partial charge in [-0.15, -0.1) is 0 Å². The molecule has 1 heterocycles. The SMILES string of the molecule is CN(CCOc1ccc(Cl)cc1)Cc1ccc2c(c1)OCO2. The Morgan fingerprint density at radius 3 is 2.68 bits per heavy atom. The molecule has 0 saturated heterocycles. The molecule has 1 aliphatic rings. The number of rotatable bonds is 6. The van der Waals surface area contributed by atoms with E-state index in [1.54, 1.807) is 0 Å². The second kappa shape index (κ2) is 6.90. The zero-order chi connectivity index (χ0) is 15.4. The van der Waals surface area contributed by atoms with Gasteiger partial charge in [-0.2, -0.15) is 0 Å². The van der Waals surface area contributed by atoms with Crippen LogP contribution in [0.2, 0.25) is 5.02 Å². The van der Waals surface area contributed by atoms with Crippen molar-refractivity contribution in [2.75, 3.05) is 27.0 Å². The number of benzene rings is 2. The molecule has 116 valence electrons. The van der Waals surface area contributed by atoms with Gasteiger partial charge in [0, 0.05) is 18.1 Å². The Morgan fingerprint density at radius 1 is 1.09 bits per heavy atom. The maximum absolute atomic E-state index is 5.84. The van der Waals surface area contributed by atoms with Gasteiger partial charge in [-0.3, -0.25) is 4.90 Å². The maximum atomic E-state index is 5.84. The summed E-state index contributed by atoms with van der Waals surface area (Å²) in [7, 11) is 2.07. The number of halogens is 1. The van der Waals surface area contributed by atoms with E-state index in [1.165, 1.54) is 5.56 Å². The molecule has 0 atom stereocenters. The molecule has 2 aromatic rings. The lowest BCUT2D eigenvalue weighted by Gasteiger charge is -2.17. The fraction of sp³-hybridized carbons (Fsp3) is 0.294. The monoisotopic (exact) mass is 319 g/mol. The van der Waals surface area contributed by atoms with Gasteiger partial charge < -0.3 is 14.2 Å². The molecule has 0 saturated carbocycles. The minimum atomic E-state index is 0.309. The minimum Gasteiger partial charge on any atom is -0.492 e. The highest BCUT2D eigenvalue weighted by Gasteiger charge is 2.13. The molecule has 0 aromatic heterocycles. The van der Waals surface area contributed by atoms with Gasteiger partial charge in [-0.25, -0.2) is 0 Å². The van der Waals surface area contributed by atoms with E-state index in [9.17, 15) is 0 Å². The maximum Gasteiger partial charge on any atom is 0.231 e. The van der Waals surface area contributed by atoms with Crippen molar-refractivity contribution in [3.8, 4) is 17.2 Å². The van der Waals surface area contributed by atoms with E-state index >= 15 is 0 Å². The van der Waals surface area contributed by atoms with Gasteiger partial charge in [0.25, 0.3) is 0 Å². The normalized spacial score (nSPS) is 12.7. The first-order valence-corrected chi connectivity index (χ1v) is 7.54. The number of nitrogens with zero attached hydrogens (tertiary/aromatic N) is 1. The van der Waals surface area contributed by atoms with Gasteiger partial charge in [0.15, 0.2) is 11.5 Å². The molecule has 0 radical (unpaired) electrons. The van der Waals surface area contributed by atoms with Crippen molar-refractivity contribution in [1.82, 2.24) is 4.90 Å². The van der Waals surface area contributed by atoms with E-state index in [0.29, 0.717) is 18.4 Å². The largest absolute Gasteiger partial charge is 0.492 e. The molecule has 1 aliphatic heterocycles. The third-order valence-corrected chi connectivity index (χ3v) is 3.70. The van der Waals surface area contributed by atoms with E-state index in [2.05, 4.69) is 18.0 Å². The number of fused-ring (bicyclic) bond motifs is 1. The number of hydrogen-bond donors (Lipinski definition) is 0. The highest BCUT2D eigenvalue weighted by molar-refractivity contribution is 6.30. The Hall–Kier alpha value is -1.91. The summed E-state index contributed by atoms with van der Waals surface area (Å²) in [5.74, 6) is 2.47. The van der Waals surface area contributed by atoms with Crippen molar-refractivity contribution in [3.63, 3.8) is 0 Å². The topological polar surface area (TPSA) is 30.9 Å². The van der Waals surface area contributed by atoms with Crippen LogP contribution in [-0.4, -0.2) is 31.9 Å². The fourth-order valence-electron chi connectivity index (χ4n) is 2.28. The zero-order valence-corrected chi connectivity index (χ0v) is 13.2. The second-order valence-corrected chi connectivity index (χ2v) is 5.66. The Labute approximate surface area is 135 Å². The predicted octanol–water partition coefficient (Wildman–Crippen LogP) is 3.58. The highest BCUT2D eigenvalue weighted by atomic mass is 35.5. The zero-order valence-electron chi connectivity index (χ0n) is 12.4. The molecule has 0 fully saturated rings. The Balaban J connectivity index is 1.46. The van der Waals surface area contributed by atoms with Crippen LogP contribution in [0.15, 0.2) is 42.5 Å². The Kier molecular flexibility index (Phi) is 4.71. The second-order valence-electron chi connectivity index (χ2n) is 5.23. The standard InChI is InChI=1S/C17H18ClNO3/c1-19(8-9-20-15-5-3-14(18)4-6-15)11-13-2-7-16-17(10-13)22-12-21-16/h2-7,10H,8-9,11-12H2,1H3. The summed E-state index contributed by atoms with van der Waals surface area (Å²) in [6.45, 7) is 2.60. The molecule has 0 N–H and O–H groups in total. The van der Waals surface area contributed by atoms with Crippen LogP contribution in [0.5, 0.6) is 17.2 Å². The number of hydrogen-bond acceptors (Lipinski definition) is 4. The van der Waals surface area contributed by atoms with Crippen LogP contribution in [0, 0.1) is 0 Å². The molecular weight excluding hydrogens is 302 g/mol. The predicted molar refractivity (Wildman–Crippen MR) is 85.8 cm³/mol. The number of ether oxygens (including phenoxy) is 3. The summed E-state index contributed by atoms with van der Waals surface area (Å²) in [6.07, 6.45) is 0. The molecule has 22 heavy (non-hydrogen) atoms. The van der Waals surface area contributed by atoms with Crippen molar-refractivity contribution in [2.45, 2.75) is 6.54 Å². The van der Waals surface area contributed by atoms with Gasteiger partial charge in [-0.1, -0.05) is 17.7 Å². The molecular formula is C17H18ClNO3. The first-order chi connectivity index (χ1) is 10.7. The molecule has 2 aromatic carbocycles. The third kappa shape index (κ3) is 3.84. The summed E-state index contributed by atoms with van der Waals surface area (Å²) in [5, 5.41) is 0.715. The van der Waals surface area contributed by atoms with Crippen LogP contribution in [0.1, 0.15) is 5.56 Å². The van der Waals surface area contributed by atoms with Gasteiger partial charge >= 0.3 is 0 Å². The van der Waals surface area contributed by atoms with Gasteiger partial charge in [0.2, 0.25) is 6.79 Å². The first kappa shape index (κ1) is 15.0. The molecule has 5 heteroatoms. The molecule has 4 nitrogen and oxygen atoms in total. The van der Waals surface area contributed by atoms with Crippen LogP contribution in [0.4, 0.5) is 0 Å². The smallest absolute Gasteiger partial charge is 0.231 e. The van der Waals surface area contributed by atoms with Crippen molar-refractivity contribution >= 4 is 11.6 Å². The summed E-state index contributed by atoms with van der Waals surface area (Å²) < 4.78 is 16.4. The lowest BCUT2D eigenvalue weighted by molar-refractivity contribution is 0.174. The van der Waals surface area contributed by atoms with Crippen molar-refractivity contribution in [3.05, 3.63) is 53.1 Å². The lowest BCUT2D eigenvalue weighted by Crippen LogP contribution is -2.23. The summed E-state index contributed by atoms with van der Waals surface area (Å²) in [4.78, 5) is 2.20. The van der Waals surface area contributed by atoms with Crippen LogP contribution in [0.25, 0.3) is 0 Å². The minimum absolute atomic E-state index is 0.309. The Morgan fingerprint density at radius 2 is 1.86 bits per heavy atom. The van der Waals surface area contributed by atoms with Crippen molar-refractivity contribution in [2.24, 2.45) is 0 Å². The number of likely N-dealkylation sites (N-methyl/N-ethyl adjacent to an activating group) is 1. The summed E-state index contributed by atoms with van der Waals surface area (Å²) in [6, 6.07) is 13.4. The molecule has 0 amide bonds. The molecule has 0 unspecified atom stereocenters. The van der Waals surface area contributed by atoms with Gasteiger partial charge in [0.1, 0.15) is 12.4 Å². The van der Waals surface area contributed by atoms with Crippen molar-refractivity contribution in [1.29, 1.82) is 0 Å². The van der Waals surface area contributed by atoms with Crippen molar-refractivity contribution < 1.29 is 14.2 Å². The molecule has 0 aliphatic carbocycles. The highest BCUT2D eigenvalue weighted by Crippen LogP contribution is 2.32. The van der Waals surface area contributed by atoms with E-state index in [4.69, 9.17) is 25.8 Å². The van der Waals surface area contributed by atoms with E-state index in [1.807, 2.05) is 36.4 Å². The van der Waals surface area contributed by atoms with E-state index < -0.39 is 0 Å². The quantitative estimate of drug-likeness (QED) is 0.814. The van der Waals surface area contributed by atoms with Crippen LogP contribution in [0.3, 0.4) is 0 Å². The Bertz CT molecular complexity index is 630. The van der Waals surface area contributed by atoms with Crippen LogP contribution < -0.4 is 14.2 Å². The molecule has 0 spiro atoms. The van der Waals surface area contributed by atoms with E-state index in [0.717, 1.165) is 30.3 Å². The third-order valence-electron chi connectivity index (χ3n) is 3.44. The summed E-state index contributed by atoms with van der Waals surface area (Å²) in [5.41, 5.74) is 1.19. The van der Waals surface area contributed by atoms with Gasteiger partial charge in [-0.05, 0) is 49.0 Å². The van der Waals surface area contributed by atoms with Crippen LogP contribution >= 0.6 is 11.6 Å². The summed E-state index contributed by atoms with van der Waals surface area (Å²) >= 11 is 5.84. The van der Waals surface area contributed by atoms with Gasteiger partial charge in [0.05, 0.1) is 0 Å². The molecule has 0 bridgehead atoms. The fourth-order valence-corrected chi connectivity index (χ4v) is 2.41. The average Bonchev–Trinajstić information content (AvgIpc) is 2.97. The first-order valence-electron chi connectivity index (χ1n) is 7.16.